The fourth-order valence-corrected chi connectivity index (χ4v) is 0.615. The van der Waals surface area contributed by atoms with Crippen molar-refractivity contribution in [2.75, 3.05) is 0 Å². The predicted octanol–water partition coefficient (Wildman–Crippen LogP) is 1.29. The second kappa shape index (κ2) is 2.01. The lowest BCUT2D eigenvalue weighted by Gasteiger charge is -1.92. The normalized spacial score (nSPS) is 9.56. The van der Waals surface area contributed by atoms with Crippen LogP contribution in [-0.4, -0.2) is 10.5 Å². The van der Waals surface area contributed by atoms with Gasteiger partial charge in [-0.1, -0.05) is 0 Å². The Balaban J connectivity index is 3.08. The van der Waals surface area contributed by atoms with E-state index in [4.69, 9.17) is 0 Å². The Labute approximate surface area is 51.9 Å². The van der Waals surface area contributed by atoms with Crippen LogP contribution in [0.2, 0.25) is 0 Å². The molecule has 48 valence electrons. The van der Waals surface area contributed by atoms with Crippen LogP contribution >= 0.6 is 0 Å². The predicted molar refractivity (Wildman–Crippen MR) is 30.7 cm³/mol. The van der Waals surface area contributed by atoms with Crippen molar-refractivity contribution < 1.29 is 9.18 Å². The summed E-state index contributed by atoms with van der Waals surface area (Å²) in [6.45, 7) is 1.31. The van der Waals surface area contributed by atoms with Crippen LogP contribution < -0.4 is 0 Å². The lowest BCUT2D eigenvalue weighted by Crippen LogP contribution is -2.05. The molecule has 0 radical (unpaired) electrons. The zero-order chi connectivity index (χ0) is 6.85. The molecule has 0 fully saturated rings. The molecule has 0 aliphatic heterocycles. The third-order valence-corrected chi connectivity index (χ3v) is 1.04. The van der Waals surface area contributed by atoms with Gasteiger partial charge in [-0.15, -0.1) is 0 Å². The van der Waals surface area contributed by atoms with Gasteiger partial charge in [-0.05, 0) is 12.1 Å². The van der Waals surface area contributed by atoms with Crippen LogP contribution in [0.15, 0.2) is 18.3 Å². The number of hydrogen-bond donors (Lipinski definition) is 0. The molecule has 0 aliphatic rings. The van der Waals surface area contributed by atoms with Crippen molar-refractivity contribution in [3.8, 4) is 0 Å². The van der Waals surface area contributed by atoms with E-state index in [0.29, 0.717) is 0 Å². The molecule has 1 heterocycles. The highest BCUT2D eigenvalue weighted by atomic mass is 19.1. The lowest BCUT2D eigenvalue weighted by molar-refractivity contribution is 0.0923. The van der Waals surface area contributed by atoms with E-state index in [1.165, 1.54) is 25.3 Å². The number of carbonyl (C=O) groups is 1. The Morgan fingerprint density at radius 3 is 2.67 bits per heavy atom. The van der Waals surface area contributed by atoms with E-state index in [-0.39, 0.29) is 5.91 Å². The van der Waals surface area contributed by atoms with Crippen molar-refractivity contribution in [2.45, 2.75) is 6.92 Å². The Morgan fingerprint density at radius 2 is 2.44 bits per heavy atom. The van der Waals surface area contributed by atoms with Crippen LogP contribution in [0.4, 0.5) is 4.39 Å². The highest BCUT2D eigenvalue weighted by Crippen LogP contribution is 1.97. The molecule has 0 atom stereocenters. The van der Waals surface area contributed by atoms with E-state index < -0.39 is 5.95 Å². The summed E-state index contributed by atoms with van der Waals surface area (Å²) in [4.78, 5) is 10.5. The standard InChI is InChI=1S/C6H6FNO/c1-5(9)8-4-2-3-6(8)7/h2-4H,1H3. The topological polar surface area (TPSA) is 22.0 Å². The van der Waals surface area contributed by atoms with Gasteiger partial charge in [0.15, 0.2) is 5.95 Å². The van der Waals surface area contributed by atoms with Crippen LogP contribution in [0, 0.1) is 5.95 Å². The smallest absolute Gasteiger partial charge is 0.229 e. The molecule has 0 bridgehead atoms. The monoisotopic (exact) mass is 127 g/mol. The maximum Gasteiger partial charge on any atom is 0.229 e. The zero-order valence-corrected chi connectivity index (χ0v) is 4.97. The van der Waals surface area contributed by atoms with E-state index in [2.05, 4.69) is 0 Å². The largest absolute Gasteiger partial charge is 0.274 e. The molecule has 9 heavy (non-hydrogen) atoms. The van der Waals surface area contributed by atoms with Gasteiger partial charge in [0.1, 0.15) is 0 Å². The van der Waals surface area contributed by atoms with Crippen LogP contribution in [0.1, 0.15) is 11.7 Å². The van der Waals surface area contributed by atoms with Gasteiger partial charge in [0, 0.05) is 13.1 Å². The first-order chi connectivity index (χ1) is 4.22. The number of halogens is 1. The first kappa shape index (κ1) is 6.01. The van der Waals surface area contributed by atoms with Gasteiger partial charge in [-0.3, -0.25) is 9.36 Å². The second-order valence-corrected chi connectivity index (χ2v) is 1.72. The van der Waals surface area contributed by atoms with Gasteiger partial charge >= 0.3 is 0 Å². The number of carbonyl (C=O) groups excluding carboxylic acids is 1. The minimum atomic E-state index is -0.512. The molecule has 0 saturated heterocycles. The highest BCUT2D eigenvalue weighted by Gasteiger charge is 2.00. The van der Waals surface area contributed by atoms with Gasteiger partial charge in [-0.2, -0.15) is 4.39 Å². The van der Waals surface area contributed by atoms with Gasteiger partial charge in [0.2, 0.25) is 5.91 Å². The molecule has 0 unspecified atom stereocenters. The Bertz CT molecular complexity index is 229. The van der Waals surface area contributed by atoms with Crippen molar-refractivity contribution >= 4 is 5.91 Å². The maximum absolute atomic E-state index is 12.3. The van der Waals surface area contributed by atoms with Crippen molar-refractivity contribution in [1.82, 2.24) is 4.57 Å². The third-order valence-electron chi connectivity index (χ3n) is 1.04. The molecule has 1 aromatic rings. The number of aromatic nitrogens is 1. The van der Waals surface area contributed by atoms with Gasteiger partial charge in [0.05, 0.1) is 0 Å². The molecule has 0 saturated carbocycles. The van der Waals surface area contributed by atoms with Gasteiger partial charge in [0.25, 0.3) is 0 Å². The summed E-state index contributed by atoms with van der Waals surface area (Å²) in [6.07, 6.45) is 1.39. The summed E-state index contributed by atoms with van der Waals surface area (Å²) in [7, 11) is 0. The average molecular weight is 127 g/mol. The molecule has 1 aromatic heterocycles. The van der Waals surface area contributed by atoms with Crippen LogP contribution in [0.5, 0.6) is 0 Å². The SMILES string of the molecule is CC(=O)n1cccc1F. The lowest BCUT2D eigenvalue weighted by atomic mass is 10.7. The summed E-state index contributed by atoms with van der Waals surface area (Å²) in [5.41, 5.74) is 0. The molecule has 0 spiro atoms. The van der Waals surface area contributed by atoms with Crippen LogP contribution in [0.25, 0.3) is 0 Å². The second-order valence-electron chi connectivity index (χ2n) is 1.72. The van der Waals surface area contributed by atoms with Crippen molar-refractivity contribution in [3.63, 3.8) is 0 Å². The number of hydrogen-bond acceptors (Lipinski definition) is 1. The number of rotatable bonds is 0. The van der Waals surface area contributed by atoms with E-state index in [0.717, 1.165) is 4.57 Å². The molecule has 0 aromatic carbocycles. The minimum absolute atomic E-state index is 0.308. The van der Waals surface area contributed by atoms with E-state index in [1.54, 1.807) is 0 Å². The van der Waals surface area contributed by atoms with E-state index in [9.17, 15) is 9.18 Å². The molecule has 2 nitrogen and oxygen atoms in total. The summed E-state index contributed by atoms with van der Waals surface area (Å²) in [6, 6.07) is 2.72. The summed E-state index contributed by atoms with van der Waals surface area (Å²) in [5, 5.41) is 0. The maximum atomic E-state index is 12.3. The quantitative estimate of drug-likeness (QED) is 0.514. The fraction of sp³-hybridized carbons (Fsp3) is 0.167. The molecule has 0 N–H and O–H groups in total. The van der Waals surface area contributed by atoms with Gasteiger partial charge < -0.3 is 0 Å². The van der Waals surface area contributed by atoms with Crippen molar-refractivity contribution in [1.29, 1.82) is 0 Å². The minimum Gasteiger partial charge on any atom is -0.274 e. The fourth-order valence-electron chi connectivity index (χ4n) is 0.615. The van der Waals surface area contributed by atoms with Crippen LogP contribution in [0.3, 0.4) is 0 Å². The number of nitrogens with zero attached hydrogens (tertiary/aromatic N) is 1. The molecule has 3 heteroatoms. The molecular weight excluding hydrogens is 121 g/mol. The van der Waals surface area contributed by atoms with Crippen molar-refractivity contribution in [3.05, 3.63) is 24.3 Å². The highest BCUT2D eigenvalue weighted by molar-refractivity contribution is 5.76. The summed E-state index contributed by atoms with van der Waals surface area (Å²) >= 11 is 0. The first-order valence-electron chi connectivity index (χ1n) is 2.55. The molecule has 1 rings (SSSR count). The summed E-state index contributed by atoms with van der Waals surface area (Å²) < 4.78 is 13.3. The van der Waals surface area contributed by atoms with E-state index >= 15 is 0 Å². The van der Waals surface area contributed by atoms with Crippen molar-refractivity contribution in [2.24, 2.45) is 0 Å². The molecule has 0 aliphatic carbocycles. The Morgan fingerprint density at radius 1 is 1.78 bits per heavy atom. The average Bonchev–Trinajstić information content (AvgIpc) is 2.13. The first-order valence-corrected chi connectivity index (χ1v) is 2.55. The Hall–Kier alpha value is -1.12. The van der Waals surface area contributed by atoms with Gasteiger partial charge in [-0.25, -0.2) is 0 Å². The zero-order valence-electron chi connectivity index (χ0n) is 4.97. The van der Waals surface area contributed by atoms with Crippen LogP contribution in [-0.2, 0) is 0 Å². The van der Waals surface area contributed by atoms with E-state index in [1.807, 2.05) is 0 Å². The Kier molecular flexibility index (Phi) is 1.34. The summed E-state index contributed by atoms with van der Waals surface area (Å²) in [5.74, 6) is -0.819. The molecule has 0 amide bonds. The third kappa shape index (κ3) is 0.988. The molecular formula is C6H6FNO.